The van der Waals surface area contributed by atoms with Crippen LogP contribution in [-0.2, 0) is 11.3 Å². The molecule has 0 aliphatic heterocycles. The van der Waals surface area contributed by atoms with E-state index in [-0.39, 0.29) is 5.91 Å². The number of anilines is 1. The van der Waals surface area contributed by atoms with Crippen LogP contribution in [0.25, 0.3) is 0 Å². The van der Waals surface area contributed by atoms with Gasteiger partial charge in [-0.1, -0.05) is 31.0 Å². The lowest BCUT2D eigenvalue weighted by atomic mass is 9.84. The van der Waals surface area contributed by atoms with E-state index in [4.69, 9.17) is 5.73 Å². The molecule has 4 nitrogen and oxygen atoms in total. The van der Waals surface area contributed by atoms with Crippen molar-refractivity contribution in [3.63, 3.8) is 0 Å². The van der Waals surface area contributed by atoms with Gasteiger partial charge in [-0.15, -0.1) is 0 Å². The predicted molar refractivity (Wildman–Crippen MR) is 87.0 cm³/mol. The smallest absolute Gasteiger partial charge is 0.219 e. The average Bonchev–Trinajstić information content (AvgIpc) is 2.49. The molecule has 1 fully saturated rings. The van der Waals surface area contributed by atoms with Crippen LogP contribution < -0.4 is 11.1 Å². The van der Waals surface area contributed by atoms with Crippen LogP contribution in [0.3, 0.4) is 0 Å². The van der Waals surface area contributed by atoms with E-state index in [0.29, 0.717) is 18.5 Å². The highest BCUT2D eigenvalue weighted by Gasteiger charge is 2.24. The minimum Gasteiger partial charge on any atom is -0.382 e. The third kappa shape index (κ3) is 4.21. The molecule has 0 heterocycles. The Labute approximate surface area is 127 Å². The largest absolute Gasteiger partial charge is 0.382 e. The third-order valence-electron chi connectivity index (χ3n) is 4.52. The number of rotatable bonds is 5. The summed E-state index contributed by atoms with van der Waals surface area (Å²) in [6.45, 7) is 2.98. The Hall–Kier alpha value is -1.55. The van der Waals surface area contributed by atoms with E-state index in [1.807, 2.05) is 19.2 Å². The lowest BCUT2D eigenvalue weighted by Crippen LogP contribution is -2.37. The lowest BCUT2D eigenvalue weighted by Gasteiger charge is -2.33. The van der Waals surface area contributed by atoms with Crippen LogP contribution in [0.5, 0.6) is 0 Å². The Morgan fingerprint density at radius 1 is 1.33 bits per heavy atom. The van der Waals surface area contributed by atoms with Gasteiger partial charge in [0, 0.05) is 32.2 Å². The van der Waals surface area contributed by atoms with Crippen molar-refractivity contribution in [3.8, 4) is 0 Å². The fraction of sp³-hybridized carbons (Fsp3) is 0.588. The number of nitrogens with zero attached hydrogens (tertiary/aromatic N) is 1. The van der Waals surface area contributed by atoms with Gasteiger partial charge in [-0.25, -0.2) is 0 Å². The van der Waals surface area contributed by atoms with Gasteiger partial charge in [-0.3, -0.25) is 4.79 Å². The maximum absolute atomic E-state index is 11.4. The molecular weight excluding hydrogens is 262 g/mol. The van der Waals surface area contributed by atoms with Crippen molar-refractivity contribution >= 4 is 11.6 Å². The number of nitrogens with one attached hydrogen (secondary N) is 1. The number of para-hydroxylation sites is 1. The minimum absolute atomic E-state index is 0.0855. The molecule has 21 heavy (non-hydrogen) atoms. The van der Waals surface area contributed by atoms with Gasteiger partial charge in [0.2, 0.25) is 5.91 Å². The van der Waals surface area contributed by atoms with E-state index in [1.165, 1.54) is 25.7 Å². The first-order valence-electron chi connectivity index (χ1n) is 7.88. The molecule has 0 saturated heterocycles. The standard InChI is InChI=1S/C17H27N3O/c1-13(21)20(2)12-15-8-4-6-10-17(15)19-16-9-5-3-7-14(16)11-18/h4,6,8,10,14,16,19H,3,5,7,9,11-12,18H2,1-2H3. The van der Waals surface area contributed by atoms with Crippen molar-refractivity contribution in [2.24, 2.45) is 11.7 Å². The summed E-state index contributed by atoms with van der Waals surface area (Å²) in [7, 11) is 1.84. The molecule has 2 atom stereocenters. The molecule has 0 radical (unpaired) electrons. The molecule has 1 aliphatic carbocycles. The van der Waals surface area contributed by atoms with Crippen LogP contribution in [0.1, 0.15) is 38.2 Å². The van der Waals surface area contributed by atoms with Gasteiger partial charge in [-0.2, -0.15) is 0 Å². The van der Waals surface area contributed by atoms with Crippen molar-refractivity contribution in [1.82, 2.24) is 4.90 Å². The van der Waals surface area contributed by atoms with Gasteiger partial charge in [-0.05, 0) is 36.9 Å². The summed E-state index contributed by atoms with van der Waals surface area (Å²) in [5, 5.41) is 3.68. The Morgan fingerprint density at radius 3 is 2.76 bits per heavy atom. The number of amides is 1. The number of hydrogen-bond donors (Lipinski definition) is 2. The second-order valence-corrected chi connectivity index (χ2v) is 6.06. The monoisotopic (exact) mass is 289 g/mol. The first-order chi connectivity index (χ1) is 10.1. The maximum atomic E-state index is 11.4. The Bertz CT molecular complexity index is 475. The van der Waals surface area contributed by atoms with E-state index in [0.717, 1.165) is 17.8 Å². The SMILES string of the molecule is CC(=O)N(C)Cc1ccccc1NC1CCCCC1CN. The van der Waals surface area contributed by atoms with Gasteiger partial charge in [0.25, 0.3) is 0 Å². The molecule has 1 aromatic rings. The van der Waals surface area contributed by atoms with Gasteiger partial charge < -0.3 is 16.0 Å². The van der Waals surface area contributed by atoms with E-state index in [1.54, 1.807) is 11.8 Å². The summed E-state index contributed by atoms with van der Waals surface area (Å²) in [5.41, 5.74) is 8.21. The molecule has 116 valence electrons. The minimum atomic E-state index is 0.0855. The van der Waals surface area contributed by atoms with Gasteiger partial charge in [0.1, 0.15) is 0 Å². The Kier molecular flexibility index (Phi) is 5.62. The molecule has 2 unspecified atom stereocenters. The van der Waals surface area contributed by atoms with Crippen LogP contribution in [0.2, 0.25) is 0 Å². The molecule has 2 rings (SSSR count). The van der Waals surface area contributed by atoms with Crippen LogP contribution >= 0.6 is 0 Å². The molecule has 3 N–H and O–H groups in total. The molecule has 1 amide bonds. The fourth-order valence-electron chi connectivity index (χ4n) is 3.05. The summed E-state index contributed by atoms with van der Waals surface area (Å²) >= 11 is 0. The topological polar surface area (TPSA) is 58.4 Å². The van der Waals surface area contributed by atoms with Gasteiger partial charge >= 0.3 is 0 Å². The van der Waals surface area contributed by atoms with Crippen LogP contribution in [0.15, 0.2) is 24.3 Å². The third-order valence-corrected chi connectivity index (χ3v) is 4.52. The molecule has 1 saturated carbocycles. The Morgan fingerprint density at radius 2 is 2.05 bits per heavy atom. The van der Waals surface area contributed by atoms with E-state index in [9.17, 15) is 4.79 Å². The first-order valence-corrected chi connectivity index (χ1v) is 7.88. The van der Waals surface area contributed by atoms with Crippen molar-refractivity contribution in [1.29, 1.82) is 0 Å². The van der Waals surface area contributed by atoms with Gasteiger partial charge in [0.15, 0.2) is 0 Å². The fourth-order valence-corrected chi connectivity index (χ4v) is 3.05. The Balaban J connectivity index is 2.10. The summed E-state index contributed by atoms with van der Waals surface area (Å²) in [4.78, 5) is 13.2. The summed E-state index contributed by atoms with van der Waals surface area (Å²) < 4.78 is 0. The summed E-state index contributed by atoms with van der Waals surface area (Å²) in [6, 6.07) is 8.70. The van der Waals surface area contributed by atoms with E-state index >= 15 is 0 Å². The zero-order valence-corrected chi connectivity index (χ0v) is 13.1. The predicted octanol–water partition coefficient (Wildman–Crippen LogP) is 2.59. The molecule has 0 bridgehead atoms. The lowest BCUT2D eigenvalue weighted by molar-refractivity contribution is -0.128. The first kappa shape index (κ1) is 15.8. The van der Waals surface area contributed by atoms with Crippen molar-refractivity contribution in [2.45, 2.75) is 45.2 Å². The summed E-state index contributed by atoms with van der Waals surface area (Å²) in [6.07, 6.45) is 4.95. The number of carbonyl (C=O) groups is 1. The van der Waals surface area contributed by atoms with Crippen LogP contribution in [0.4, 0.5) is 5.69 Å². The molecule has 1 aliphatic rings. The quantitative estimate of drug-likeness (QED) is 0.876. The zero-order valence-electron chi connectivity index (χ0n) is 13.1. The highest BCUT2D eigenvalue weighted by molar-refractivity contribution is 5.73. The van der Waals surface area contributed by atoms with E-state index < -0.39 is 0 Å². The molecule has 1 aromatic carbocycles. The highest BCUT2D eigenvalue weighted by Crippen LogP contribution is 2.28. The number of benzene rings is 1. The molecular formula is C17H27N3O. The second kappa shape index (κ2) is 7.46. The summed E-state index contributed by atoms with van der Waals surface area (Å²) in [5.74, 6) is 0.639. The van der Waals surface area contributed by atoms with Crippen molar-refractivity contribution < 1.29 is 4.79 Å². The van der Waals surface area contributed by atoms with Crippen LogP contribution in [0, 0.1) is 5.92 Å². The molecule has 4 heteroatoms. The van der Waals surface area contributed by atoms with E-state index in [2.05, 4.69) is 17.4 Å². The van der Waals surface area contributed by atoms with Crippen LogP contribution in [-0.4, -0.2) is 30.4 Å². The van der Waals surface area contributed by atoms with Gasteiger partial charge in [0.05, 0.1) is 0 Å². The van der Waals surface area contributed by atoms with Crippen molar-refractivity contribution in [2.75, 3.05) is 18.9 Å². The molecule has 0 aromatic heterocycles. The molecule has 0 spiro atoms. The number of hydrogen-bond acceptors (Lipinski definition) is 3. The zero-order chi connectivity index (χ0) is 15.2. The number of nitrogens with two attached hydrogens (primary N) is 1. The maximum Gasteiger partial charge on any atom is 0.219 e. The number of carbonyl (C=O) groups excluding carboxylic acids is 1. The second-order valence-electron chi connectivity index (χ2n) is 6.06. The van der Waals surface area contributed by atoms with Crippen molar-refractivity contribution in [3.05, 3.63) is 29.8 Å². The normalized spacial score (nSPS) is 21.9. The average molecular weight is 289 g/mol. The highest BCUT2D eigenvalue weighted by atomic mass is 16.2.